The van der Waals surface area contributed by atoms with Crippen LogP contribution in [0.2, 0.25) is 0 Å². The maximum Gasteiger partial charge on any atom is 0.363 e. The van der Waals surface area contributed by atoms with Crippen LogP contribution in [0.4, 0.5) is 0 Å². The minimum Gasteiger partial charge on any atom is -0.402 e. The highest BCUT2D eigenvalue weighted by Crippen LogP contribution is 2.19. The van der Waals surface area contributed by atoms with E-state index in [1.54, 1.807) is 24.4 Å². The number of rotatable bonds is 2. The van der Waals surface area contributed by atoms with E-state index in [0.717, 1.165) is 5.56 Å². The third kappa shape index (κ3) is 2.53. The SMILES string of the molecule is CC(=O)n1cccc1/C=C1\N=C(c2ccccc2)OC1=O. The summed E-state index contributed by atoms with van der Waals surface area (Å²) in [5.41, 5.74) is 1.50. The number of ether oxygens (including phenoxy) is 1. The van der Waals surface area contributed by atoms with E-state index in [1.165, 1.54) is 11.5 Å². The number of aliphatic imine (C=N–C) groups is 1. The predicted molar refractivity (Wildman–Crippen MR) is 77.8 cm³/mol. The molecule has 0 amide bonds. The smallest absolute Gasteiger partial charge is 0.363 e. The molecule has 0 unspecified atom stereocenters. The van der Waals surface area contributed by atoms with Crippen molar-refractivity contribution in [3.05, 3.63) is 65.6 Å². The summed E-state index contributed by atoms with van der Waals surface area (Å²) in [6, 6.07) is 12.6. The molecule has 1 aliphatic rings. The maximum atomic E-state index is 11.9. The molecule has 0 spiro atoms. The zero-order valence-corrected chi connectivity index (χ0v) is 11.3. The van der Waals surface area contributed by atoms with Gasteiger partial charge in [-0.05, 0) is 30.3 Å². The molecule has 0 saturated carbocycles. The van der Waals surface area contributed by atoms with Gasteiger partial charge in [-0.25, -0.2) is 9.79 Å². The van der Waals surface area contributed by atoms with Gasteiger partial charge in [-0.3, -0.25) is 9.36 Å². The van der Waals surface area contributed by atoms with Gasteiger partial charge >= 0.3 is 5.97 Å². The van der Waals surface area contributed by atoms with Crippen molar-refractivity contribution in [2.45, 2.75) is 6.92 Å². The van der Waals surface area contributed by atoms with Gasteiger partial charge in [0.1, 0.15) is 0 Å². The maximum absolute atomic E-state index is 11.9. The molecule has 1 aromatic heterocycles. The van der Waals surface area contributed by atoms with Crippen LogP contribution in [0.3, 0.4) is 0 Å². The Morgan fingerprint density at radius 2 is 1.95 bits per heavy atom. The summed E-state index contributed by atoms with van der Waals surface area (Å²) in [5.74, 6) is -0.386. The summed E-state index contributed by atoms with van der Waals surface area (Å²) >= 11 is 0. The second-order valence-corrected chi connectivity index (χ2v) is 4.52. The molecular formula is C16H12N2O3. The van der Waals surface area contributed by atoms with Crippen LogP contribution in [0.5, 0.6) is 0 Å². The second-order valence-electron chi connectivity index (χ2n) is 4.52. The van der Waals surface area contributed by atoms with Crippen molar-refractivity contribution in [3.63, 3.8) is 0 Å². The lowest BCUT2D eigenvalue weighted by atomic mass is 10.2. The molecule has 1 aliphatic heterocycles. The van der Waals surface area contributed by atoms with Gasteiger partial charge in [0.25, 0.3) is 0 Å². The number of nitrogens with zero attached hydrogens (tertiary/aromatic N) is 2. The van der Waals surface area contributed by atoms with Crippen molar-refractivity contribution < 1.29 is 14.3 Å². The van der Waals surface area contributed by atoms with Crippen molar-refractivity contribution in [2.24, 2.45) is 4.99 Å². The van der Waals surface area contributed by atoms with Gasteiger partial charge in [-0.15, -0.1) is 0 Å². The number of benzene rings is 1. The van der Waals surface area contributed by atoms with Crippen LogP contribution in [0.15, 0.2) is 59.4 Å². The Kier molecular flexibility index (Phi) is 3.23. The first-order valence-corrected chi connectivity index (χ1v) is 6.41. The molecule has 0 aliphatic carbocycles. The lowest BCUT2D eigenvalue weighted by Crippen LogP contribution is -2.07. The topological polar surface area (TPSA) is 60.7 Å². The number of hydrogen-bond acceptors (Lipinski definition) is 4. The van der Waals surface area contributed by atoms with Gasteiger partial charge in [0, 0.05) is 18.7 Å². The average molecular weight is 280 g/mol. The van der Waals surface area contributed by atoms with Crippen LogP contribution < -0.4 is 0 Å². The first-order chi connectivity index (χ1) is 10.1. The van der Waals surface area contributed by atoms with Crippen LogP contribution in [-0.4, -0.2) is 22.3 Å². The van der Waals surface area contributed by atoms with E-state index in [2.05, 4.69) is 4.99 Å². The fourth-order valence-corrected chi connectivity index (χ4v) is 2.05. The average Bonchev–Trinajstić information content (AvgIpc) is 3.08. The lowest BCUT2D eigenvalue weighted by molar-refractivity contribution is -0.129. The number of esters is 1. The molecule has 1 aromatic carbocycles. The quantitative estimate of drug-likeness (QED) is 0.627. The van der Waals surface area contributed by atoms with Crippen LogP contribution >= 0.6 is 0 Å². The second kappa shape index (κ2) is 5.20. The molecule has 0 fully saturated rings. The molecular weight excluding hydrogens is 268 g/mol. The van der Waals surface area contributed by atoms with E-state index in [4.69, 9.17) is 4.74 Å². The summed E-state index contributed by atoms with van der Waals surface area (Å²) in [6.07, 6.45) is 3.18. The van der Waals surface area contributed by atoms with Gasteiger partial charge in [-0.2, -0.15) is 0 Å². The molecule has 21 heavy (non-hydrogen) atoms. The zero-order valence-electron chi connectivity index (χ0n) is 11.3. The van der Waals surface area contributed by atoms with E-state index in [9.17, 15) is 9.59 Å². The van der Waals surface area contributed by atoms with Gasteiger partial charge in [0.05, 0.1) is 5.69 Å². The number of aromatic nitrogens is 1. The molecule has 3 rings (SSSR count). The van der Waals surface area contributed by atoms with Crippen molar-refractivity contribution >= 4 is 23.9 Å². The molecule has 0 atom stereocenters. The van der Waals surface area contributed by atoms with Crippen LogP contribution in [0.25, 0.3) is 6.08 Å². The summed E-state index contributed by atoms with van der Waals surface area (Å²) in [4.78, 5) is 27.5. The van der Waals surface area contributed by atoms with E-state index in [-0.39, 0.29) is 17.5 Å². The number of cyclic esters (lactones) is 1. The third-order valence-electron chi connectivity index (χ3n) is 3.05. The fraction of sp³-hybridized carbons (Fsp3) is 0.0625. The molecule has 0 radical (unpaired) electrons. The largest absolute Gasteiger partial charge is 0.402 e. The first kappa shape index (κ1) is 13.1. The van der Waals surface area contributed by atoms with E-state index in [1.807, 2.05) is 30.3 Å². The molecule has 2 aromatic rings. The number of carbonyl (C=O) groups excluding carboxylic acids is 2. The summed E-state index contributed by atoms with van der Waals surface area (Å²) in [5, 5.41) is 0. The Morgan fingerprint density at radius 3 is 2.67 bits per heavy atom. The normalized spacial score (nSPS) is 16.0. The molecule has 104 valence electrons. The minimum absolute atomic E-state index is 0.134. The van der Waals surface area contributed by atoms with Gasteiger partial charge in [0.2, 0.25) is 11.8 Å². The Labute approximate surface area is 121 Å². The van der Waals surface area contributed by atoms with Gasteiger partial charge in [-0.1, -0.05) is 18.2 Å². The van der Waals surface area contributed by atoms with Crippen molar-refractivity contribution in [3.8, 4) is 0 Å². The highest BCUT2D eigenvalue weighted by atomic mass is 16.6. The van der Waals surface area contributed by atoms with E-state index >= 15 is 0 Å². The fourth-order valence-electron chi connectivity index (χ4n) is 2.05. The summed E-state index contributed by atoms with van der Waals surface area (Å²) < 4.78 is 6.60. The Morgan fingerprint density at radius 1 is 1.19 bits per heavy atom. The highest BCUT2D eigenvalue weighted by Gasteiger charge is 2.24. The zero-order chi connectivity index (χ0) is 14.8. The van der Waals surface area contributed by atoms with Crippen molar-refractivity contribution in [2.75, 3.05) is 0 Å². The molecule has 0 saturated heterocycles. The van der Waals surface area contributed by atoms with E-state index < -0.39 is 5.97 Å². The van der Waals surface area contributed by atoms with Gasteiger partial charge in [0.15, 0.2) is 5.70 Å². The van der Waals surface area contributed by atoms with Gasteiger partial charge < -0.3 is 4.74 Å². The Hall–Kier alpha value is -2.95. The first-order valence-electron chi connectivity index (χ1n) is 6.41. The summed E-state index contributed by atoms with van der Waals surface area (Å²) in [7, 11) is 0. The van der Waals surface area contributed by atoms with Crippen molar-refractivity contribution in [1.82, 2.24) is 4.57 Å². The number of hydrogen-bond donors (Lipinski definition) is 0. The molecule has 0 N–H and O–H groups in total. The molecule has 2 heterocycles. The molecule has 0 bridgehead atoms. The Balaban J connectivity index is 1.97. The lowest BCUT2D eigenvalue weighted by Gasteiger charge is -1.99. The highest BCUT2D eigenvalue weighted by molar-refractivity contribution is 6.12. The van der Waals surface area contributed by atoms with Crippen LogP contribution in [0, 0.1) is 0 Å². The van der Waals surface area contributed by atoms with Crippen molar-refractivity contribution in [1.29, 1.82) is 0 Å². The van der Waals surface area contributed by atoms with E-state index in [0.29, 0.717) is 5.69 Å². The van der Waals surface area contributed by atoms with Crippen LogP contribution in [0.1, 0.15) is 23.0 Å². The Bertz CT molecular complexity index is 770. The molecule has 5 nitrogen and oxygen atoms in total. The number of carbonyl (C=O) groups is 2. The predicted octanol–water partition coefficient (Wildman–Crippen LogP) is 2.49. The minimum atomic E-state index is -0.523. The standard InChI is InChI=1S/C16H12N2O3/c1-11(19)18-9-5-8-13(18)10-14-16(20)21-15(17-14)12-6-3-2-4-7-12/h2-10H,1H3/b14-10-. The summed E-state index contributed by atoms with van der Waals surface area (Å²) in [6.45, 7) is 1.45. The monoisotopic (exact) mass is 280 g/mol. The third-order valence-corrected chi connectivity index (χ3v) is 3.05. The molecule has 5 heteroatoms. The van der Waals surface area contributed by atoms with Crippen LogP contribution in [-0.2, 0) is 9.53 Å².